The lowest BCUT2D eigenvalue weighted by Crippen LogP contribution is -2.38. The molecule has 1 saturated carbocycles. The molecule has 5 nitrogen and oxygen atoms in total. The van der Waals surface area contributed by atoms with E-state index < -0.39 is 17.9 Å². The summed E-state index contributed by atoms with van der Waals surface area (Å²) < 4.78 is 9.92. The van der Waals surface area contributed by atoms with Crippen LogP contribution in [-0.4, -0.2) is 30.9 Å². The monoisotopic (exact) mass is 284 g/mol. The van der Waals surface area contributed by atoms with Gasteiger partial charge in [-0.2, -0.15) is 0 Å². The Morgan fingerprint density at radius 3 is 2.05 bits per heavy atom. The number of carbonyl (C=O) groups is 3. The highest BCUT2D eigenvalue weighted by atomic mass is 16.6. The molecule has 5 heteroatoms. The number of Topliss-reactive ketones (excluding diaryl/α,β-unsaturated/α-hetero) is 1. The zero-order valence-electron chi connectivity index (χ0n) is 12.5. The Kier molecular flexibility index (Phi) is 6.68. The van der Waals surface area contributed by atoms with Crippen LogP contribution in [0.4, 0.5) is 0 Å². The summed E-state index contributed by atoms with van der Waals surface area (Å²) in [5.41, 5.74) is 0. The summed E-state index contributed by atoms with van der Waals surface area (Å²) in [6, 6.07) is 0. The first kappa shape index (κ1) is 16.7. The molecule has 0 aliphatic heterocycles. The summed E-state index contributed by atoms with van der Waals surface area (Å²) in [6.07, 6.45) is 2.50. The van der Waals surface area contributed by atoms with Gasteiger partial charge in [0.05, 0.1) is 13.2 Å². The SMILES string of the molecule is CCOC(=O)C(C(=O)OCC)[C@@H]1CC[C@@H](CC)C(=O)C1. The average Bonchev–Trinajstić information content (AvgIpc) is 2.40. The minimum Gasteiger partial charge on any atom is -0.465 e. The molecule has 0 amide bonds. The predicted octanol–water partition coefficient (Wildman–Crippen LogP) is 2.12. The molecule has 1 fully saturated rings. The summed E-state index contributed by atoms with van der Waals surface area (Å²) >= 11 is 0. The van der Waals surface area contributed by atoms with Gasteiger partial charge in [0.2, 0.25) is 0 Å². The average molecular weight is 284 g/mol. The minimum absolute atomic E-state index is 0.0660. The second-order valence-corrected chi connectivity index (χ2v) is 5.09. The standard InChI is InChI=1S/C15H24O5/c1-4-10-7-8-11(9-12(10)16)13(14(17)19-5-2)15(18)20-6-3/h10-11,13H,4-9H2,1-3H3/t10-,11-/m1/s1. The van der Waals surface area contributed by atoms with Gasteiger partial charge in [0.15, 0.2) is 5.92 Å². The zero-order chi connectivity index (χ0) is 15.1. The molecule has 0 radical (unpaired) electrons. The molecular weight excluding hydrogens is 260 g/mol. The molecule has 0 bridgehead atoms. The van der Waals surface area contributed by atoms with Crippen molar-refractivity contribution in [3.05, 3.63) is 0 Å². The number of esters is 2. The van der Waals surface area contributed by atoms with Crippen molar-refractivity contribution in [2.45, 2.75) is 46.5 Å². The van der Waals surface area contributed by atoms with Crippen molar-refractivity contribution in [3.63, 3.8) is 0 Å². The first-order chi connectivity index (χ1) is 9.54. The molecule has 0 saturated heterocycles. The van der Waals surface area contributed by atoms with Crippen LogP contribution < -0.4 is 0 Å². The lowest BCUT2D eigenvalue weighted by Gasteiger charge is -2.30. The maximum atomic E-state index is 12.0. The molecule has 20 heavy (non-hydrogen) atoms. The van der Waals surface area contributed by atoms with E-state index >= 15 is 0 Å². The van der Waals surface area contributed by atoms with Crippen LogP contribution in [0.25, 0.3) is 0 Å². The van der Waals surface area contributed by atoms with E-state index in [1.165, 1.54) is 0 Å². The second-order valence-electron chi connectivity index (χ2n) is 5.09. The fourth-order valence-corrected chi connectivity index (χ4v) is 2.76. The van der Waals surface area contributed by atoms with E-state index in [4.69, 9.17) is 9.47 Å². The third kappa shape index (κ3) is 4.05. The van der Waals surface area contributed by atoms with Crippen molar-refractivity contribution in [1.29, 1.82) is 0 Å². The molecule has 0 unspecified atom stereocenters. The highest BCUT2D eigenvalue weighted by molar-refractivity contribution is 5.96. The lowest BCUT2D eigenvalue weighted by atomic mass is 9.74. The van der Waals surface area contributed by atoms with Crippen LogP contribution in [0.1, 0.15) is 46.5 Å². The molecule has 1 rings (SSSR count). The number of ether oxygens (including phenoxy) is 2. The van der Waals surface area contributed by atoms with Gasteiger partial charge in [-0.25, -0.2) is 0 Å². The Bertz CT molecular complexity index is 345. The third-order valence-corrected chi connectivity index (χ3v) is 3.85. The Morgan fingerprint density at radius 2 is 1.65 bits per heavy atom. The van der Waals surface area contributed by atoms with Gasteiger partial charge in [-0.1, -0.05) is 6.92 Å². The highest BCUT2D eigenvalue weighted by Crippen LogP contribution is 2.34. The van der Waals surface area contributed by atoms with E-state index in [-0.39, 0.29) is 37.3 Å². The second kappa shape index (κ2) is 8.02. The van der Waals surface area contributed by atoms with Crippen molar-refractivity contribution < 1.29 is 23.9 Å². The molecule has 0 N–H and O–H groups in total. The molecule has 2 atom stereocenters. The highest BCUT2D eigenvalue weighted by Gasteiger charge is 2.41. The Balaban J connectivity index is 2.80. The summed E-state index contributed by atoms with van der Waals surface area (Å²) in [4.78, 5) is 36.0. The number of ketones is 1. The van der Waals surface area contributed by atoms with Gasteiger partial charge in [0.25, 0.3) is 0 Å². The van der Waals surface area contributed by atoms with Crippen molar-refractivity contribution in [3.8, 4) is 0 Å². The van der Waals surface area contributed by atoms with Crippen molar-refractivity contribution in [2.75, 3.05) is 13.2 Å². The van der Waals surface area contributed by atoms with E-state index in [0.717, 1.165) is 12.8 Å². The molecule has 114 valence electrons. The number of hydrogen-bond acceptors (Lipinski definition) is 5. The molecule has 0 aromatic rings. The number of hydrogen-bond donors (Lipinski definition) is 0. The zero-order valence-corrected chi connectivity index (χ0v) is 12.5. The van der Waals surface area contributed by atoms with Crippen LogP contribution in [0.2, 0.25) is 0 Å². The number of rotatable bonds is 6. The van der Waals surface area contributed by atoms with Gasteiger partial charge in [-0.3, -0.25) is 14.4 Å². The van der Waals surface area contributed by atoms with Crippen LogP contribution >= 0.6 is 0 Å². The summed E-state index contributed by atoms with van der Waals surface area (Å²) in [5.74, 6) is -2.18. The molecule has 0 spiro atoms. The van der Waals surface area contributed by atoms with Gasteiger partial charge in [0, 0.05) is 12.3 Å². The minimum atomic E-state index is -0.961. The lowest BCUT2D eigenvalue weighted by molar-refractivity contribution is -0.165. The Hall–Kier alpha value is -1.39. The van der Waals surface area contributed by atoms with Crippen molar-refractivity contribution in [2.24, 2.45) is 17.8 Å². The van der Waals surface area contributed by atoms with Gasteiger partial charge in [-0.05, 0) is 39.0 Å². The van der Waals surface area contributed by atoms with E-state index in [9.17, 15) is 14.4 Å². The van der Waals surface area contributed by atoms with Gasteiger partial charge >= 0.3 is 11.9 Å². The van der Waals surface area contributed by atoms with Crippen LogP contribution in [0.5, 0.6) is 0 Å². The predicted molar refractivity (Wildman–Crippen MR) is 72.9 cm³/mol. The van der Waals surface area contributed by atoms with Crippen molar-refractivity contribution in [1.82, 2.24) is 0 Å². The van der Waals surface area contributed by atoms with E-state index in [1.807, 2.05) is 6.92 Å². The molecule has 0 aromatic heterocycles. The van der Waals surface area contributed by atoms with E-state index in [0.29, 0.717) is 6.42 Å². The molecule has 0 aromatic carbocycles. The van der Waals surface area contributed by atoms with Crippen LogP contribution in [0.15, 0.2) is 0 Å². The maximum Gasteiger partial charge on any atom is 0.320 e. The van der Waals surface area contributed by atoms with Crippen LogP contribution in [0.3, 0.4) is 0 Å². The Labute approximate surface area is 120 Å². The van der Waals surface area contributed by atoms with Gasteiger partial charge in [0.1, 0.15) is 5.78 Å². The van der Waals surface area contributed by atoms with Crippen LogP contribution in [-0.2, 0) is 23.9 Å². The first-order valence-electron chi connectivity index (χ1n) is 7.41. The number of carbonyl (C=O) groups excluding carboxylic acids is 3. The van der Waals surface area contributed by atoms with E-state index in [1.54, 1.807) is 13.8 Å². The third-order valence-electron chi connectivity index (χ3n) is 3.85. The smallest absolute Gasteiger partial charge is 0.320 e. The summed E-state index contributed by atoms with van der Waals surface area (Å²) in [5, 5.41) is 0. The topological polar surface area (TPSA) is 69.7 Å². The maximum absolute atomic E-state index is 12.0. The van der Waals surface area contributed by atoms with Crippen LogP contribution in [0, 0.1) is 17.8 Å². The van der Waals surface area contributed by atoms with Gasteiger partial charge < -0.3 is 9.47 Å². The summed E-state index contributed by atoms with van der Waals surface area (Å²) in [6.45, 7) is 5.80. The fraction of sp³-hybridized carbons (Fsp3) is 0.800. The van der Waals surface area contributed by atoms with Crippen molar-refractivity contribution >= 4 is 17.7 Å². The first-order valence-corrected chi connectivity index (χ1v) is 7.41. The normalized spacial score (nSPS) is 22.7. The molecule has 1 aliphatic rings. The fourth-order valence-electron chi connectivity index (χ4n) is 2.76. The molecular formula is C15H24O5. The quantitative estimate of drug-likeness (QED) is 0.552. The summed E-state index contributed by atoms with van der Waals surface area (Å²) in [7, 11) is 0. The van der Waals surface area contributed by atoms with E-state index in [2.05, 4.69) is 0 Å². The Morgan fingerprint density at radius 1 is 1.10 bits per heavy atom. The molecule has 1 aliphatic carbocycles. The van der Waals surface area contributed by atoms with Gasteiger partial charge in [-0.15, -0.1) is 0 Å². The molecule has 0 heterocycles. The largest absolute Gasteiger partial charge is 0.465 e.